The number of para-hydroxylation sites is 1. The molecule has 0 amide bonds. The summed E-state index contributed by atoms with van der Waals surface area (Å²) in [6.45, 7) is 3.20. The molecule has 0 spiro atoms. The third kappa shape index (κ3) is 3.65. The van der Waals surface area contributed by atoms with E-state index in [1.54, 1.807) is 0 Å². The number of anilines is 1. The Morgan fingerprint density at radius 2 is 2.06 bits per heavy atom. The van der Waals surface area contributed by atoms with Gasteiger partial charge in [0.1, 0.15) is 0 Å². The molecule has 0 saturated heterocycles. The second kappa shape index (κ2) is 6.66. The number of allylic oxidation sites excluding steroid dienone is 2. The molecule has 0 saturated carbocycles. The van der Waals surface area contributed by atoms with Crippen LogP contribution in [0.1, 0.15) is 13.3 Å². The summed E-state index contributed by atoms with van der Waals surface area (Å²) in [6.07, 6.45) is 8.02. The van der Waals surface area contributed by atoms with Crippen molar-refractivity contribution in [3.05, 3.63) is 48.1 Å². The molecule has 3 heteroatoms. The topological polar surface area (TPSA) is 34.7 Å². The molecule has 2 rings (SSSR count). The number of benzene rings is 1. The first-order chi connectivity index (χ1) is 8.16. The second-order valence-corrected chi connectivity index (χ2v) is 5.18. The van der Waals surface area contributed by atoms with Crippen molar-refractivity contribution in [3.63, 3.8) is 0 Å². The average molecular weight is 263 g/mol. The highest BCUT2D eigenvalue weighted by Crippen LogP contribution is 2.24. The van der Waals surface area contributed by atoms with Gasteiger partial charge in [-0.3, -0.25) is 0 Å². The Morgan fingerprint density at radius 3 is 2.72 bits per heavy atom. The molecule has 1 atom stereocenters. The zero-order chi connectivity index (χ0) is 12.3. The molecule has 0 aliphatic heterocycles. The first-order valence-electron chi connectivity index (χ1n) is 6.03. The predicted molar refractivity (Wildman–Crippen MR) is 81.6 cm³/mol. The highest BCUT2D eigenvalue weighted by molar-refractivity contribution is 7.80. The van der Waals surface area contributed by atoms with Crippen LogP contribution in [0, 0.1) is 5.92 Å². The summed E-state index contributed by atoms with van der Waals surface area (Å²) in [6, 6.07) is 8.21. The maximum absolute atomic E-state index is 4.49. The van der Waals surface area contributed by atoms with Crippen molar-refractivity contribution < 1.29 is 5.48 Å². The molecule has 1 unspecified atom stereocenters. The molecule has 1 aliphatic rings. The molecular weight excluding hydrogens is 242 g/mol. The second-order valence-electron chi connectivity index (χ2n) is 4.70. The van der Waals surface area contributed by atoms with Crippen LogP contribution in [0.3, 0.4) is 0 Å². The van der Waals surface area contributed by atoms with Crippen molar-refractivity contribution in [2.45, 2.75) is 18.2 Å². The summed E-state index contributed by atoms with van der Waals surface area (Å²) in [5, 5.41) is 0. The zero-order valence-corrected chi connectivity index (χ0v) is 11.8. The van der Waals surface area contributed by atoms with E-state index in [-0.39, 0.29) is 5.48 Å². The van der Waals surface area contributed by atoms with Crippen molar-refractivity contribution in [1.82, 2.24) is 0 Å². The molecular formula is C15H21NOS. The van der Waals surface area contributed by atoms with Gasteiger partial charge in [0.15, 0.2) is 0 Å². The van der Waals surface area contributed by atoms with Crippen LogP contribution in [0.5, 0.6) is 0 Å². The molecule has 1 aromatic carbocycles. The Balaban J connectivity index is 0.00000162. The van der Waals surface area contributed by atoms with Crippen LogP contribution in [0.2, 0.25) is 0 Å². The van der Waals surface area contributed by atoms with Crippen LogP contribution >= 0.6 is 12.6 Å². The van der Waals surface area contributed by atoms with E-state index in [2.05, 4.69) is 61.9 Å². The van der Waals surface area contributed by atoms with E-state index in [4.69, 9.17) is 0 Å². The van der Waals surface area contributed by atoms with Gasteiger partial charge in [-0.15, -0.1) is 12.6 Å². The van der Waals surface area contributed by atoms with Crippen LogP contribution in [0.15, 0.2) is 53.0 Å². The SMILES string of the molecule is CC1C=C(CN(C)c2ccccc2S)C=CC1.O. The molecule has 1 aliphatic carbocycles. The molecule has 0 aromatic heterocycles. The number of rotatable bonds is 3. The predicted octanol–water partition coefficient (Wildman–Crippen LogP) is 3.11. The molecule has 0 bridgehead atoms. The van der Waals surface area contributed by atoms with E-state index in [0.29, 0.717) is 5.92 Å². The van der Waals surface area contributed by atoms with Crippen LogP contribution in [-0.4, -0.2) is 19.1 Å². The van der Waals surface area contributed by atoms with Gasteiger partial charge in [-0.25, -0.2) is 0 Å². The minimum absolute atomic E-state index is 0. The molecule has 2 nitrogen and oxygen atoms in total. The third-order valence-corrected chi connectivity index (χ3v) is 3.43. The smallest absolute Gasteiger partial charge is 0.0502 e. The Labute approximate surface area is 115 Å². The van der Waals surface area contributed by atoms with Gasteiger partial charge in [-0.1, -0.05) is 37.3 Å². The summed E-state index contributed by atoms with van der Waals surface area (Å²) in [7, 11) is 2.11. The normalized spacial score (nSPS) is 17.9. The molecule has 0 fully saturated rings. The fourth-order valence-corrected chi connectivity index (χ4v) is 2.51. The molecule has 0 radical (unpaired) electrons. The Hall–Kier alpha value is -1.19. The molecule has 0 heterocycles. The lowest BCUT2D eigenvalue weighted by atomic mass is 9.98. The number of hydrogen-bond donors (Lipinski definition) is 1. The summed E-state index contributed by atoms with van der Waals surface area (Å²) < 4.78 is 0. The summed E-state index contributed by atoms with van der Waals surface area (Å²) in [4.78, 5) is 3.28. The van der Waals surface area contributed by atoms with Crippen LogP contribution < -0.4 is 4.90 Å². The van der Waals surface area contributed by atoms with E-state index in [1.807, 2.05) is 12.1 Å². The van der Waals surface area contributed by atoms with Crippen LogP contribution in [0.25, 0.3) is 0 Å². The largest absolute Gasteiger partial charge is 0.412 e. The van der Waals surface area contributed by atoms with Crippen molar-refractivity contribution >= 4 is 18.3 Å². The zero-order valence-electron chi connectivity index (χ0n) is 10.9. The van der Waals surface area contributed by atoms with Gasteiger partial charge >= 0.3 is 0 Å². The van der Waals surface area contributed by atoms with Gasteiger partial charge in [-0.05, 0) is 30.0 Å². The van der Waals surface area contributed by atoms with Crippen molar-refractivity contribution in [1.29, 1.82) is 0 Å². The summed E-state index contributed by atoms with van der Waals surface area (Å²) in [5.74, 6) is 0.662. The lowest BCUT2D eigenvalue weighted by Gasteiger charge is -2.23. The van der Waals surface area contributed by atoms with E-state index >= 15 is 0 Å². The quantitative estimate of drug-likeness (QED) is 0.836. The van der Waals surface area contributed by atoms with Crippen molar-refractivity contribution in [3.8, 4) is 0 Å². The Morgan fingerprint density at radius 1 is 1.33 bits per heavy atom. The average Bonchev–Trinajstić information content (AvgIpc) is 2.29. The van der Waals surface area contributed by atoms with Gasteiger partial charge < -0.3 is 10.4 Å². The molecule has 1 aromatic rings. The van der Waals surface area contributed by atoms with Gasteiger partial charge in [0.2, 0.25) is 0 Å². The monoisotopic (exact) mass is 263 g/mol. The third-order valence-electron chi connectivity index (χ3n) is 3.05. The lowest BCUT2D eigenvalue weighted by molar-refractivity contribution is 0.724. The van der Waals surface area contributed by atoms with Crippen molar-refractivity contribution in [2.75, 3.05) is 18.5 Å². The first-order valence-corrected chi connectivity index (χ1v) is 6.48. The minimum atomic E-state index is 0. The van der Waals surface area contributed by atoms with Crippen LogP contribution in [0.4, 0.5) is 5.69 Å². The van der Waals surface area contributed by atoms with E-state index in [9.17, 15) is 0 Å². The van der Waals surface area contributed by atoms with Gasteiger partial charge in [0, 0.05) is 18.5 Å². The fourth-order valence-electron chi connectivity index (χ4n) is 2.17. The molecule has 98 valence electrons. The van der Waals surface area contributed by atoms with Crippen molar-refractivity contribution in [2.24, 2.45) is 5.92 Å². The van der Waals surface area contributed by atoms with Crippen LogP contribution in [-0.2, 0) is 0 Å². The summed E-state index contributed by atoms with van der Waals surface area (Å²) in [5.41, 5.74) is 2.58. The molecule has 18 heavy (non-hydrogen) atoms. The maximum Gasteiger partial charge on any atom is 0.0502 e. The lowest BCUT2D eigenvalue weighted by Crippen LogP contribution is -2.21. The molecule has 2 N–H and O–H groups in total. The Bertz CT molecular complexity index is 454. The highest BCUT2D eigenvalue weighted by Gasteiger charge is 2.08. The number of hydrogen-bond acceptors (Lipinski definition) is 2. The van der Waals surface area contributed by atoms with E-state index in [0.717, 1.165) is 17.9 Å². The standard InChI is InChI=1S/C15H19NS.H2O/c1-12-6-5-7-13(10-12)11-16(2)14-8-3-4-9-15(14)17;/h3-5,7-10,12,17H,6,11H2,1-2H3;1H2. The van der Waals surface area contributed by atoms with E-state index in [1.165, 1.54) is 11.3 Å². The highest BCUT2D eigenvalue weighted by atomic mass is 32.1. The van der Waals surface area contributed by atoms with Gasteiger partial charge in [-0.2, -0.15) is 0 Å². The number of thiol groups is 1. The minimum Gasteiger partial charge on any atom is -0.412 e. The van der Waals surface area contributed by atoms with Gasteiger partial charge in [0.05, 0.1) is 5.69 Å². The van der Waals surface area contributed by atoms with E-state index < -0.39 is 0 Å². The Kier molecular flexibility index (Phi) is 5.51. The number of nitrogens with zero attached hydrogens (tertiary/aromatic N) is 1. The number of likely N-dealkylation sites (N-methyl/N-ethyl adjacent to an activating group) is 1. The first kappa shape index (κ1) is 14.9. The fraction of sp³-hybridized carbons (Fsp3) is 0.333. The van der Waals surface area contributed by atoms with Gasteiger partial charge in [0.25, 0.3) is 0 Å². The maximum atomic E-state index is 4.49. The summed E-state index contributed by atoms with van der Waals surface area (Å²) >= 11 is 4.49.